The Morgan fingerprint density at radius 1 is 1.27 bits per heavy atom. The maximum absolute atomic E-state index is 12.1. The normalized spacial score (nSPS) is 11.8. The Balaban J connectivity index is 1.98. The largest absolute Gasteiger partial charge is 0.508 e. The maximum Gasteiger partial charge on any atom is 0.224 e. The van der Waals surface area contributed by atoms with Gasteiger partial charge >= 0.3 is 0 Å². The van der Waals surface area contributed by atoms with Gasteiger partial charge in [-0.05, 0) is 58.2 Å². The second kappa shape index (κ2) is 7.31. The van der Waals surface area contributed by atoms with Crippen LogP contribution in [0.2, 0.25) is 0 Å². The van der Waals surface area contributed by atoms with E-state index in [1.807, 2.05) is 25.1 Å². The molecule has 2 aromatic carbocycles. The van der Waals surface area contributed by atoms with Gasteiger partial charge in [0.15, 0.2) is 0 Å². The molecule has 1 amide bonds. The topological polar surface area (TPSA) is 58.6 Å². The van der Waals surface area contributed by atoms with E-state index < -0.39 is 0 Å². The fraction of sp³-hybridized carbons (Fsp3) is 0.235. The summed E-state index contributed by atoms with van der Waals surface area (Å²) in [7, 11) is 1.61. The van der Waals surface area contributed by atoms with Crippen LogP contribution in [-0.2, 0) is 11.2 Å². The lowest BCUT2D eigenvalue weighted by atomic mass is 10.1. The molecule has 0 saturated carbocycles. The van der Waals surface area contributed by atoms with Gasteiger partial charge in [-0.25, -0.2) is 0 Å². The molecule has 1 unspecified atom stereocenters. The highest BCUT2D eigenvalue weighted by atomic mass is 79.9. The monoisotopic (exact) mass is 363 g/mol. The van der Waals surface area contributed by atoms with E-state index in [1.54, 1.807) is 31.4 Å². The molecule has 0 fully saturated rings. The second-order valence-electron chi connectivity index (χ2n) is 5.03. The molecule has 0 aliphatic heterocycles. The van der Waals surface area contributed by atoms with E-state index in [4.69, 9.17) is 4.74 Å². The number of aromatic hydroxyl groups is 1. The van der Waals surface area contributed by atoms with Crippen molar-refractivity contribution >= 4 is 21.8 Å². The molecule has 116 valence electrons. The molecule has 2 N–H and O–H groups in total. The molecule has 0 aliphatic rings. The Kier molecular flexibility index (Phi) is 5.44. The molecule has 0 spiro atoms. The van der Waals surface area contributed by atoms with E-state index in [2.05, 4.69) is 21.2 Å². The number of methoxy groups -OCH3 is 1. The number of ether oxygens (including phenoxy) is 1. The first-order valence-corrected chi connectivity index (χ1v) is 7.69. The quantitative estimate of drug-likeness (QED) is 0.853. The van der Waals surface area contributed by atoms with Gasteiger partial charge in [-0.2, -0.15) is 0 Å². The van der Waals surface area contributed by atoms with Crippen LogP contribution in [0.5, 0.6) is 11.5 Å². The van der Waals surface area contributed by atoms with Gasteiger partial charge in [0.1, 0.15) is 11.5 Å². The molecule has 0 heterocycles. The number of carbonyl (C=O) groups is 1. The number of phenolic OH excluding ortho intramolecular Hbond substituents is 1. The van der Waals surface area contributed by atoms with Crippen molar-refractivity contribution < 1.29 is 14.6 Å². The van der Waals surface area contributed by atoms with Crippen molar-refractivity contribution in [3.05, 3.63) is 58.1 Å². The molecule has 22 heavy (non-hydrogen) atoms. The van der Waals surface area contributed by atoms with Crippen molar-refractivity contribution in [2.45, 2.75) is 19.4 Å². The number of rotatable bonds is 5. The minimum absolute atomic E-state index is 0.0647. The van der Waals surface area contributed by atoms with Gasteiger partial charge in [-0.15, -0.1) is 0 Å². The summed E-state index contributed by atoms with van der Waals surface area (Å²) in [6, 6.07) is 12.3. The zero-order valence-corrected chi connectivity index (χ0v) is 14.1. The van der Waals surface area contributed by atoms with Crippen LogP contribution in [0, 0.1) is 0 Å². The van der Waals surface area contributed by atoms with Crippen LogP contribution in [0.25, 0.3) is 0 Å². The summed E-state index contributed by atoms with van der Waals surface area (Å²) in [5.41, 5.74) is 1.85. The minimum Gasteiger partial charge on any atom is -0.508 e. The van der Waals surface area contributed by atoms with Crippen molar-refractivity contribution in [2.24, 2.45) is 0 Å². The van der Waals surface area contributed by atoms with Gasteiger partial charge in [0.2, 0.25) is 5.91 Å². The van der Waals surface area contributed by atoms with Crippen LogP contribution in [0.4, 0.5) is 0 Å². The third kappa shape index (κ3) is 4.24. The lowest BCUT2D eigenvalue weighted by Gasteiger charge is -2.15. The van der Waals surface area contributed by atoms with Gasteiger partial charge in [0.05, 0.1) is 24.0 Å². The van der Waals surface area contributed by atoms with E-state index in [0.29, 0.717) is 0 Å². The molecule has 2 aromatic rings. The predicted molar refractivity (Wildman–Crippen MR) is 89.1 cm³/mol. The Labute approximate surface area is 138 Å². The third-order valence-electron chi connectivity index (χ3n) is 3.35. The van der Waals surface area contributed by atoms with Crippen LogP contribution in [0.1, 0.15) is 24.1 Å². The van der Waals surface area contributed by atoms with Crippen LogP contribution in [0.15, 0.2) is 46.9 Å². The van der Waals surface area contributed by atoms with E-state index in [1.165, 1.54) is 0 Å². The summed E-state index contributed by atoms with van der Waals surface area (Å²) in [6.07, 6.45) is 0.280. The van der Waals surface area contributed by atoms with Gasteiger partial charge in [0, 0.05) is 0 Å². The summed E-state index contributed by atoms with van der Waals surface area (Å²) in [6.45, 7) is 1.93. The maximum atomic E-state index is 12.1. The van der Waals surface area contributed by atoms with E-state index in [0.717, 1.165) is 21.3 Å². The highest BCUT2D eigenvalue weighted by Gasteiger charge is 2.12. The number of hydrogen-bond donors (Lipinski definition) is 2. The number of amides is 1. The highest BCUT2D eigenvalue weighted by molar-refractivity contribution is 9.10. The average Bonchev–Trinajstić information content (AvgIpc) is 2.49. The highest BCUT2D eigenvalue weighted by Crippen LogP contribution is 2.28. The Hall–Kier alpha value is -2.01. The molecular formula is C17H18BrNO3. The molecule has 0 radical (unpaired) electrons. The number of nitrogens with one attached hydrogen (secondary N) is 1. The van der Waals surface area contributed by atoms with Crippen LogP contribution in [0.3, 0.4) is 0 Å². The Bertz CT molecular complexity index is 655. The number of carbonyl (C=O) groups excluding carboxylic acids is 1. The minimum atomic E-state index is -0.105. The fourth-order valence-electron chi connectivity index (χ4n) is 2.13. The summed E-state index contributed by atoms with van der Waals surface area (Å²) in [5.74, 6) is 0.886. The van der Waals surface area contributed by atoms with E-state index in [9.17, 15) is 9.90 Å². The molecule has 5 heteroatoms. The molecule has 0 aliphatic carbocycles. The molecule has 2 rings (SSSR count). The summed E-state index contributed by atoms with van der Waals surface area (Å²) in [4.78, 5) is 12.1. The molecule has 0 saturated heterocycles. The number of hydrogen-bond acceptors (Lipinski definition) is 3. The van der Waals surface area contributed by atoms with Crippen LogP contribution < -0.4 is 10.1 Å². The molecule has 4 nitrogen and oxygen atoms in total. The third-order valence-corrected chi connectivity index (χ3v) is 3.97. The zero-order chi connectivity index (χ0) is 16.1. The zero-order valence-electron chi connectivity index (χ0n) is 12.5. The van der Waals surface area contributed by atoms with Crippen LogP contribution in [-0.4, -0.2) is 18.1 Å². The standard InChI is InChI=1S/C17H18BrNO3/c1-11(13-5-8-16(22-2)15(18)10-13)19-17(21)9-12-3-6-14(20)7-4-12/h3-8,10-11,20H,9H2,1-2H3,(H,19,21). The molecule has 0 bridgehead atoms. The first kappa shape index (κ1) is 16.4. The molecule has 1 atom stereocenters. The smallest absolute Gasteiger partial charge is 0.224 e. The Morgan fingerprint density at radius 3 is 2.55 bits per heavy atom. The van der Waals surface area contributed by atoms with Crippen molar-refractivity contribution in [1.82, 2.24) is 5.32 Å². The van der Waals surface area contributed by atoms with Gasteiger partial charge in [0.25, 0.3) is 0 Å². The van der Waals surface area contributed by atoms with Crippen molar-refractivity contribution in [1.29, 1.82) is 0 Å². The van der Waals surface area contributed by atoms with Crippen molar-refractivity contribution in [2.75, 3.05) is 7.11 Å². The van der Waals surface area contributed by atoms with E-state index >= 15 is 0 Å². The summed E-state index contributed by atoms with van der Waals surface area (Å²) in [5, 5.41) is 12.2. The second-order valence-corrected chi connectivity index (χ2v) is 5.88. The molecular weight excluding hydrogens is 346 g/mol. The summed E-state index contributed by atoms with van der Waals surface area (Å²) >= 11 is 3.44. The van der Waals surface area contributed by atoms with Crippen molar-refractivity contribution in [3.63, 3.8) is 0 Å². The number of halogens is 1. The summed E-state index contributed by atoms with van der Waals surface area (Å²) < 4.78 is 6.05. The number of phenols is 1. The Morgan fingerprint density at radius 2 is 1.95 bits per heavy atom. The first-order chi connectivity index (χ1) is 10.5. The average molecular weight is 364 g/mol. The van der Waals surface area contributed by atoms with Gasteiger partial charge in [-0.1, -0.05) is 18.2 Å². The predicted octanol–water partition coefficient (Wildman–Crippen LogP) is 3.58. The SMILES string of the molecule is COc1ccc(C(C)NC(=O)Cc2ccc(O)cc2)cc1Br. The molecule has 0 aromatic heterocycles. The van der Waals surface area contributed by atoms with Gasteiger partial charge < -0.3 is 15.2 Å². The van der Waals surface area contributed by atoms with E-state index in [-0.39, 0.29) is 24.1 Å². The lowest BCUT2D eigenvalue weighted by molar-refractivity contribution is -0.121. The number of benzene rings is 2. The van der Waals surface area contributed by atoms with Crippen LogP contribution >= 0.6 is 15.9 Å². The van der Waals surface area contributed by atoms with Crippen molar-refractivity contribution in [3.8, 4) is 11.5 Å². The lowest BCUT2D eigenvalue weighted by Crippen LogP contribution is -2.28. The fourth-order valence-corrected chi connectivity index (χ4v) is 2.69. The van der Waals surface area contributed by atoms with Gasteiger partial charge in [-0.3, -0.25) is 4.79 Å². The first-order valence-electron chi connectivity index (χ1n) is 6.90.